The van der Waals surface area contributed by atoms with Gasteiger partial charge in [0.05, 0.1) is 0 Å². The van der Waals surface area contributed by atoms with Gasteiger partial charge in [0.1, 0.15) is 5.60 Å². The van der Waals surface area contributed by atoms with E-state index in [9.17, 15) is 4.79 Å². The second kappa shape index (κ2) is 3.40. The molecule has 0 saturated carbocycles. The van der Waals surface area contributed by atoms with Gasteiger partial charge in [-0.25, -0.2) is 4.79 Å². The summed E-state index contributed by atoms with van der Waals surface area (Å²) >= 11 is 0. The molecule has 4 N–H and O–H groups in total. The van der Waals surface area contributed by atoms with Gasteiger partial charge in [-0.15, -0.1) is 5.06 Å². The molecule has 70 valence electrons. The zero-order chi connectivity index (χ0) is 9.94. The molecule has 0 atom stereocenters. The van der Waals surface area contributed by atoms with Crippen LogP contribution in [0.15, 0.2) is 0 Å². The van der Waals surface area contributed by atoms with Crippen LogP contribution in [-0.2, 0) is 4.74 Å². The fourth-order valence-corrected chi connectivity index (χ4v) is 0.404. The number of hydrogen-bond acceptors (Lipinski definition) is 4. The molecule has 0 aliphatic heterocycles. The molecular formula is C6H13N3O3. The molecule has 0 aromatic rings. The lowest BCUT2D eigenvalue weighted by atomic mass is 10.2. The van der Waals surface area contributed by atoms with E-state index in [0.717, 1.165) is 0 Å². The molecule has 0 saturated heterocycles. The molecule has 0 rings (SSSR count). The van der Waals surface area contributed by atoms with Gasteiger partial charge in [0.15, 0.2) is 0 Å². The Labute approximate surface area is 70.4 Å². The average Bonchev–Trinajstić information content (AvgIpc) is 1.82. The molecule has 0 spiro atoms. The predicted molar refractivity (Wildman–Crippen MR) is 41.8 cm³/mol. The number of hydrogen-bond donors (Lipinski definition) is 3. The summed E-state index contributed by atoms with van der Waals surface area (Å²) in [6.07, 6.45) is -1.06. The molecule has 0 aromatic carbocycles. The number of ether oxygens (including phenoxy) is 1. The van der Waals surface area contributed by atoms with Crippen molar-refractivity contribution in [3.63, 3.8) is 0 Å². The van der Waals surface area contributed by atoms with Gasteiger partial charge < -0.3 is 10.5 Å². The first-order valence-corrected chi connectivity index (χ1v) is 3.30. The van der Waals surface area contributed by atoms with Crippen LogP contribution in [-0.4, -0.2) is 27.9 Å². The van der Waals surface area contributed by atoms with Crippen molar-refractivity contribution < 1.29 is 14.7 Å². The van der Waals surface area contributed by atoms with E-state index in [1.165, 1.54) is 0 Å². The zero-order valence-electron chi connectivity index (χ0n) is 7.29. The van der Waals surface area contributed by atoms with E-state index >= 15 is 0 Å². The molecule has 0 fully saturated rings. The Morgan fingerprint density at radius 1 is 1.58 bits per heavy atom. The largest absolute Gasteiger partial charge is 0.442 e. The Hall–Kier alpha value is -1.30. The third kappa shape index (κ3) is 3.77. The zero-order valence-corrected chi connectivity index (χ0v) is 7.29. The number of rotatable bonds is 0. The van der Waals surface area contributed by atoms with Crippen LogP contribution in [0.5, 0.6) is 0 Å². The molecule has 0 radical (unpaired) electrons. The summed E-state index contributed by atoms with van der Waals surface area (Å²) in [6, 6.07) is 0. The maximum absolute atomic E-state index is 10.8. The van der Waals surface area contributed by atoms with Crippen LogP contribution < -0.4 is 5.73 Å². The Bertz CT molecular complexity index is 197. The first-order valence-electron chi connectivity index (χ1n) is 3.30. The molecular weight excluding hydrogens is 162 g/mol. The van der Waals surface area contributed by atoms with Gasteiger partial charge in [-0.1, -0.05) is 0 Å². The second-order valence-electron chi connectivity index (χ2n) is 3.18. The Morgan fingerprint density at radius 2 is 2.00 bits per heavy atom. The minimum absolute atomic E-state index is 0.0642. The lowest BCUT2D eigenvalue weighted by Gasteiger charge is -2.22. The molecule has 0 bridgehead atoms. The number of nitrogens with zero attached hydrogens (tertiary/aromatic N) is 1. The van der Waals surface area contributed by atoms with Crippen molar-refractivity contribution in [2.75, 3.05) is 0 Å². The van der Waals surface area contributed by atoms with E-state index in [-0.39, 0.29) is 5.06 Å². The highest BCUT2D eigenvalue weighted by molar-refractivity contribution is 5.89. The number of nitrogens with one attached hydrogen (secondary N) is 1. The van der Waals surface area contributed by atoms with Gasteiger partial charge in [-0.3, -0.25) is 10.6 Å². The van der Waals surface area contributed by atoms with Crippen LogP contribution in [0.4, 0.5) is 4.79 Å². The maximum Gasteiger partial charge on any atom is 0.441 e. The fraction of sp³-hybridized carbons (Fsp3) is 0.667. The van der Waals surface area contributed by atoms with Crippen molar-refractivity contribution in [3.05, 3.63) is 0 Å². The van der Waals surface area contributed by atoms with E-state index in [1.807, 2.05) is 0 Å². The molecule has 0 aliphatic rings. The van der Waals surface area contributed by atoms with E-state index in [1.54, 1.807) is 20.8 Å². The summed E-state index contributed by atoms with van der Waals surface area (Å²) in [6.45, 7) is 4.91. The van der Waals surface area contributed by atoms with Gasteiger partial charge in [-0.2, -0.15) is 0 Å². The molecule has 1 amide bonds. The van der Waals surface area contributed by atoms with Crippen LogP contribution in [0.3, 0.4) is 0 Å². The van der Waals surface area contributed by atoms with Gasteiger partial charge >= 0.3 is 6.09 Å². The standard InChI is InChI=1S/C6H13N3O3/c1-6(2,3)12-5(10)9(11)4(7)8/h11H,1-3H3,(H3,7,8). The summed E-state index contributed by atoms with van der Waals surface area (Å²) in [7, 11) is 0. The number of amides is 1. The summed E-state index contributed by atoms with van der Waals surface area (Å²) in [4.78, 5) is 10.8. The third-order valence-electron chi connectivity index (χ3n) is 0.795. The van der Waals surface area contributed by atoms with Crippen molar-refractivity contribution in [1.82, 2.24) is 5.06 Å². The van der Waals surface area contributed by atoms with E-state index in [0.29, 0.717) is 0 Å². The number of hydroxylamine groups is 2. The predicted octanol–water partition coefficient (Wildman–Crippen LogP) is 0.506. The van der Waals surface area contributed by atoms with Gasteiger partial charge in [0.25, 0.3) is 0 Å². The van der Waals surface area contributed by atoms with Gasteiger partial charge in [-0.05, 0) is 20.8 Å². The SMILES string of the molecule is CC(C)(C)OC(=O)N(O)C(=N)N. The van der Waals surface area contributed by atoms with Crippen molar-refractivity contribution in [1.29, 1.82) is 5.41 Å². The molecule has 6 heteroatoms. The minimum atomic E-state index is -1.06. The fourth-order valence-electron chi connectivity index (χ4n) is 0.404. The lowest BCUT2D eigenvalue weighted by Crippen LogP contribution is -2.41. The normalized spacial score (nSPS) is 10.7. The number of carbonyl (C=O) groups excluding carboxylic acids is 1. The molecule has 0 heterocycles. The monoisotopic (exact) mass is 175 g/mol. The molecule has 0 unspecified atom stereocenters. The Morgan fingerprint density at radius 3 is 2.25 bits per heavy atom. The molecule has 6 nitrogen and oxygen atoms in total. The van der Waals surface area contributed by atoms with E-state index in [2.05, 4.69) is 4.74 Å². The van der Waals surface area contributed by atoms with Crippen molar-refractivity contribution >= 4 is 12.1 Å². The highest BCUT2D eigenvalue weighted by Crippen LogP contribution is 2.08. The summed E-state index contributed by atoms with van der Waals surface area (Å²) in [5.41, 5.74) is 4.10. The van der Waals surface area contributed by atoms with Gasteiger partial charge in [0, 0.05) is 0 Å². The number of guanidine groups is 1. The first-order chi connectivity index (χ1) is 5.24. The Kier molecular flexibility index (Phi) is 3.03. The minimum Gasteiger partial charge on any atom is -0.442 e. The van der Waals surface area contributed by atoms with Crippen molar-refractivity contribution in [3.8, 4) is 0 Å². The van der Waals surface area contributed by atoms with Crippen LogP contribution in [0.25, 0.3) is 0 Å². The topological polar surface area (TPSA) is 99.6 Å². The summed E-state index contributed by atoms with van der Waals surface area (Å²) in [5.74, 6) is -0.774. The first kappa shape index (κ1) is 10.7. The number of carbonyl (C=O) groups is 1. The molecule has 0 aromatic heterocycles. The molecule has 0 aliphatic carbocycles. The average molecular weight is 175 g/mol. The van der Waals surface area contributed by atoms with E-state index < -0.39 is 17.7 Å². The third-order valence-corrected chi connectivity index (χ3v) is 0.795. The molecule has 12 heavy (non-hydrogen) atoms. The van der Waals surface area contributed by atoms with Crippen molar-refractivity contribution in [2.24, 2.45) is 5.73 Å². The Balaban J connectivity index is 4.15. The van der Waals surface area contributed by atoms with Crippen molar-refractivity contribution in [2.45, 2.75) is 26.4 Å². The smallest absolute Gasteiger partial charge is 0.441 e. The summed E-state index contributed by atoms with van der Waals surface area (Å²) < 4.78 is 4.68. The van der Waals surface area contributed by atoms with Crippen LogP contribution >= 0.6 is 0 Å². The highest BCUT2D eigenvalue weighted by Gasteiger charge is 2.22. The highest BCUT2D eigenvalue weighted by atomic mass is 16.6. The summed E-state index contributed by atoms with van der Waals surface area (Å²) in [5, 5.41) is 15.4. The lowest BCUT2D eigenvalue weighted by molar-refractivity contribution is -0.0479. The number of nitrogens with two attached hydrogens (primary N) is 1. The van der Waals surface area contributed by atoms with Crippen LogP contribution in [0.1, 0.15) is 20.8 Å². The quantitative estimate of drug-likeness (QED) is 0.216. The maximum atomic E-state index is 10.8. The van der Waals surface area contributed by atoms with Crippen LogP contribution in [0, 0.1) is 5.41 Å². The van der Waals surface area contributed by atoms with Gasteiger partial charge in [0.2, 0.25) is 5.96 Å². The second-order valence-corrected chi connectivity index (χ2v) is 3.18. The van der Waals surface area contributed by atoms with E-state index in [4.69, 9.17) is 16.4 Å². The van der Waals surface area contributed by atoms with Crippen LogP contribution in [0.2, 0.25) is 0 Å².